The highest BCUT2D eigenvalue weighted by Gasteiger charge is 2.14. The maximum absolute atomic E-state index is 6.38. The predicted octanol–water partition coefficient (Wildman–Crippen LogP) is 4.83. The quantitative estimate of drug-likeness (QED) is 0.487. The first-order valence-corrected chi connectivity index (χ1v) is 6.83. The molecule has 3 heteroatoms. The molecule has 2 heterocycles. The number of fused-ring (bicyclic) bond motifs is 3. The zero-order valence-electron chi connectivity index (χ0n) is 10.6. The smallest absolute Gasteiger partial charge is 0.147 e. The van der Waals surface area contributed by atoms with Crippen molar-refractivity contribution < 1.29 is 0 Å². The molecule has 0 atom stereocenters. The van der Waals surface area contributed by atoms with Crippen molar-refractivity contribution in [3.8, 4) is 5.69 Å². The van der Waals surface area contributed by atoms with E-state index in [4.69, 9.17) is 11.6 Å². The molecule has 0 fully saturated rings. The van der Waals surface area contributed by atoms with Gasteiger partial charge in [0.25, 0.3) is 0 Å². The number of para-hydroxylation sites is 2. The number of hydrogen-bond donors (Lipinski definition) is 0. The molecule has 0 aliphatic rings. The SMILES string of the molecule is Clc1ccnc2c1c1ccccc1n2-c1ccccc1. The van der Waals surface area contributed by atoms with Crippen molar-refractivity contribution in [2.45, 2.75) is 0 Å². The van der Waals surface area contributed by atoms with Crippen LogP contribution in [-0.2, 0) is 0 Å². The molecule has 20 heavy (non-hydrogen) atoms. The van der Waals surface area contributed by atoms with Crippen molar-refractivity contribution in [2.75, 3.05) is 0 Å². The fourth-order valence-electron chi connectivity index (χ4n) is 2.68. The Balaban J connectivity index is 2.26. The van der Waals surface area contributed by atoms with Crippen LogP contribution >= 0.6 is 11.6 Å². The van der Waals surface area contributed by atoms with Gasteiger partial charge in [-0.2, -0.15) is 0 Å². The zero-order valence-corrected chi connectivity index (χ0v) is 11.4. The molecule has 0 saturated carbocycles. The van der Waals surface area contributed by atoms with Gasteiger partial charge >= 0.3 is 0 Å². The van der Waals surface area contributed by atoms with Crippen LogP contribution in [0.15, 0.2) is 66.9 Å². The summed E-state index contributed by atoms with van der Waals surface area (Å²) in [5.74, 6) is 0. The van der Waals surface area contributed by atoms with Crippen molar-refractivity contribution in [3.63, 3.8) is 0 Å². The van der Waals surface area contributed by atoms with E-state index < -0.39 is 0 Å². The molecule has 4 aromatic rings. The Morgan fingerprint density at radius 3 is 2.45 bits per heavy atom. The second-order valence-corrected chi connectivity index (χ2v) is 5.09. The summed E-state index contributed by atoms with van der Waals surface area (Å²) in [6.07, 6.45) is 1.75. The Hall–Kier alpha value is -2.32. The molecule has 0 unspecified atom stereocenters. The van der Waals surface area contributed by atoms with E-state index in [0.717, 1.165) is 32.6 Å². The first kappa shape index (κ1) is 11.5. The molecule has 0 amide bonds. The second kappa shape index (κ2) is 4.36. The van der Waals surface area contributed by atoms with E-state index in [2.05, 4.69) is 33.8 Å². The largest absolute Gasteiger partial charge is 0.294 e. The Morgan fingerprint density at radius 2 is 1.60 bits per heavy atom. The highest BCUT2D eigenvalue weighted by Crippen LogP contribution is 2.34. The van der Waals surface area contributed by atoms with E-state index in [-0.39, 0.29) is 0 Å². The van der Waals surface area contributed by atoms with Crippen LogP contribution < -0.4 is 0 Å². The molecule has 0 bridgehead atoms. The van der Waals surface area contributed by atoms with Crippen LogP contribution in [0.5, 0.6) is 0 Å². The Morgan fingerprint density at radius 1 is 0.850 bits per heavy atom. The van der Waals surface area contributed by atoms with Gasteiger partial charge in [-0.25, -0.2) is 4.98 Å². The van der Waals surface area contributed by atoms with E-state index >= 15 is 0 Å². The molecule has 0 radical (unpaired) electrons. The predicted molar refractivity (Wildman–Crippen MR) is 83.6 cm³/mol. The summed E-state index contributed by atoms with van der Waals surface area (Å²) in [4.78, 5) is 4.53. The van der Waals surface area contributed by atoms with Crippen LogP contribution in [0.25, 0.3) is 27.6 Å². The van der Waals surface area contributed by atoms with E-state index in [0.29, 0.717) is 0 Å². The van der Waals surface area contributed by atoms with Gasteiger partial charge in [0.15, 0.2) is 0 Å². The molecule has 96 valence electrons. The average molecular weight is 279 g/mol. The first-order chi connectivity index (χ1) is 9.86. The molecule has 2 aromatic carbocycles. The molecule has 0 aliphatic carbocycles. The number of nitrogens with zero attached hydrogens (tertiary/aromatic N) is 2. The molecule has 2 nitrogen and oxygen atoms in total. The van der Waals surface area contributed by atoms with Gasteiger partial charge in [0.2, 0.25) is 0 Å². The van der Waals surface area contributed by atoms with E-state index in [1.165, 1.54) is 0 Å². The molecular weight excluding hydrogens is 268 g/mol. The summed E-state index contributed by atoms with van der Waals surface area (Å²) < 4.78 is 2.15. The molecule has 2 aromatic heterocycles. The monoisotopic (exact) mass is 278 g/mol. The van der Waals surface area contributed by atoms with Crippen LogP contribution in [0.2, 0.25) is 5.02 Å². The van der Waals surface area contributed by atoms with E-state index in [9.17, 15) is 0 Å². The number of rotatable bonds is 1. The summed E-state index contributed by atoms with van der Waals surface area (Å²) in [5, 5.41) is 2.87. The second-order valence-electron chi connectivity index (χ2n) is 4.68. The standard InChI is InChI=1S/C17H11ClN2/c18-14-10-11-19-17-16(14)13-8-4-5-9-15(13)20(17)12-6-2-1-3-7-12/h1-11H. The Kier molecular flexibility index (Phi) is 2.51. The molecule has 0 aliphatic heterocycles. The summed E-state index contributed by atoms with van der Waals surface area (Å²) in [5.41, 5.74) is 3.10. The average Bonchev–Trinajstić information content (AvgIpc) is 2.84. The molecule has 0 N–H and O–H groups in total. The van der Waals surface area contributed by atoms with E-state index in [1.807, 2.05) is 36.4 Å². The fourth-order valence-corrected chi connectivity index (χ4v) is 2.92. The Bertz CT molecular complexity index is 910. The molecule has 0 saturated heterocycles. The number of benzene rings is 2. The van der Waals surface area contributed by atoms with Crippen LogP contribution in [0, 0.1) is 0 Å². The van der Waals surface area contributed by atoms with Crippen molar-refractivity contribution in [2.24, 2.45) is 0 Å². The van der Waals surface area contributed by atoms with Crippen molar-refractivity contribution in [1.82, 2.24) is 9.55 Å². The Labute approximate surface area is 121 Å². The van der Waals surface area contributed by atoms with Gasteiger partial charge in [-0.05, 0) is 24.3 Å². The highest BCUT2D eigenvalue weighted by molar-refractivity contribution is 6.37. The maximum atomic E-state index is 6.38. The lowest BCUT2D eigenvalue weighted by Crippen LogP contribution is -1.94. The maximum Gasteiger partial charge on any atom is 0.147 e. The molecule has 4 rings (SSSR count). The summed E-state index contributed by atoms with van der Waals surface area (Å²) in [6, 6.07) is 20.3. The third kappa shape index (κ3) is 1.55. The lowest BCUT2D eigenvalue weighted by atomic mass is 10.2. The van der Waals surface area contributed by atoms with Gasteiger partial charge in [-0.15, -0.1) is 0 Å². The molecule has 0 spiro atoms. The minimum atomic E-state index is 0.737. The number of aromatic nitrogens is 2. The summed E-state index contributed by atoms with van der Waals surface area (Å²) in [7, 11) is 0. The zero-order chi connectivity index (χ0) is 13.5. The summed E-state index contributed by atoms with van der Waals surface area (Å²) >= 11 is 6.38. The van der Waals surface area contributed by atoms with Crippen LogP contribution in [-0.4, -0.2) is 9.55 Å². The highest BCUT2D eigenvalue weighted by atomic mass is 35.5. The van der Waals surface area contributed by atoms with Crippen molar-refractivity contribution in [1.29, 1.82) is 0 Å². The van der Waals surface area contributed by atoms with Gasteiger partial charge in [0, 0.05) is 22.7 Å². The van der Waals surface area contributed by atoms with Gasteiger partial charge in [-0.3, -0.25) is 4.57 Å². The lowest BCUT2D eigenvalue weighted by molar-refractivity contribution is 1.14. The summed E-state index contributed by atoms with van der Waals surface area (Å²) in [6.45, 7) is 0. The first-order valence-electron chi connectivity index (χ1n) is 6.45. The topological polar surface area (TPSA) is 17.8 Å². The molecular formula is C17H11ClN2. The van der Waals surface area contributed by atoms with Crippen molar-refractivity contribution >= 4 is 33.5 Å². The minimum absolute atomic E-state index is 0.737. The fraction of sp³-hybridized carbons (Fsp3) is 0. The third-order valence-electron chi connectivity index (χ3n) is 3.52. The normalized spacial score (nSPS) is 11.2. The number of pyridine rings is 1. The minimum Gasteiger partial charge on any atom is -0.294 e. The van der Waals surface area contributed by atoms with Crippen LogP contribution in [0.4, 0.5) is 0 Å². The van der Waals surface area contributed by atoms with Gasteiger partial charge < -0.3 is 0 Å². The number of hydrogen-bond acceptors (Lipinski definition) is 1. The number of halogens is 1. The van der Waals surface area contributed by atoms with Gasteiger partial charge in [0.1, 0.15) is 5.65 Å². The lowest BCUT2D eigenvalue weighted by Gasteiger charge is -2.06. The van der Waals surface area contributed by atoms with Crippen LogP contribution in [0.3, 0.4) is 0 Å². The van der Waals surface area contributed by atoms with Gasteiger partial charge in [-0.1, -0.05) is 48.0 Å². The van der Waals surface area contributed by atoms with Crippen LogP contribution in [0.1, 0.15) is 0 Å². The van der Waals surface area contributed by atoms with Crippen molar-refractivity contribution in [3.05, 3.63) is 71.9 Å². The van der Waals surface area contributed by atoms with Gasteiger partial charge in [0.05, 0.1) is 10.5 Å². The van der Waals surface area contributed by atoms with E-state index in [1.54, 1.807) is 6.20 Å². The third-order valence-corrected chi connectivity index (χ3v) is 3.84.